The van der Waals surface area contributed by atoms with E-state index in [1.165, 1.54) is 4.90 Å². The van der Waals surface area contributed by atoms with Gasteiger partial charge in [0, 0.05) is 26.0 Å². The van der Waals surface area contributed by atoms with E-state index in [0.29, 0.717) is 13.1 Å². The normalized spacial score (nSPS) is 9.83. The second-order valence-corrected chi connectivity index (χ2v) is 2.77. The number of carbonyl (C=O) groups excluding carboxylic acids is 1. The molecule has 1 aromatic heterocycles. The van der Waals surface area contributed by atoms with E-state index in [2.05, 4.69) is 5.10 Å². The van der Waals surface area contributed by atoms with Crippen LogP contribution in [-0.2, 0) is 6.54 Å². The van der Waals surface area contributed by atoms with Gasteiger partial charge in [0.2, 0.25) is 0 Å². The van der Waals surface area contributed by atoms with Gasteiger partial charge in [-0.25, -0.2) is 0 Å². The summed E-state index contributed by atoms with van der Waals surface area (Å²) in [5.41, 5.74) is 0. The van der Waals surface area contributed by atoms with Crippen molar-refractivity contribution in [1.82, 2.24) is 14.7 Å². The van der Waals surface area contributed by atoms with E-state index in [9.17, 15) is 4.79 Å². The zero-order valence-corrected chi connectivity index (χ0v) is 7.53. The lowest BCUT2D eigenvalue weighted by Crippen LogP contribution is -2.25. The molecule has 1 amide bonds. The first-order valence-electron chi connectivity index (χ1n) is 3.58. The molecule has 0 fully saturated rings. The quantitative estimate of drug-likeness (QED) is 0.527. The Kier molecular flexibility index (Phi) is 3.10. The number of amides is 1. The van der Waals surface area contributed by atoms with Gasteiger partial charge >= 0.3 is 5.37 Å². The Bertz CT molecular complexity index is 247. The fourth-order valence-corrected chi connectivity index (χ4v) is 0.858. The van der Waals surface area contributed by atoms with E-state index in [1.807, 2.05) is 12.3 Å². The lowest BCUT2D eigenvalue weighted by atomic mass is 10.6. The van der Waals surface area contributed by atoms with Gasteiger partial charge in [-0.1, -0.05) is 0 Å². The number of nitrogens with zero attached hydrogens (tertiary/aromatic N) is 3. The molecule has 0 aliphatic rings. The molecule has 0 unspecified atom stereocenters. The zero-order chi connectivity index (χ0) is 8.97. The summed E-state index contributed by atoms with van der Waals surface area (Å²) in [4.78, 5) is 12.0. The summed E-state index contributed by atoms with van der Waals surface area (Å²) < 4.78 is 1.75. The smallest absolute Gasteiger partial charge is 0.316 e. The fraction of sp³-hybridized carbons (Fsp3) is 0.429. The first-order chi connectivity index (χ1) is 5.70. The summed E-state index contributed by atoms with van der Waals surface area (Å²) in [6.45, 7) is 1.24. The Morgan fingerprint density at radius 2 is 2.50 bits per heavy atom. The Balaban J connectivity index is 2.31. The highest BCUT2D eigenvalue weighted by molar-refractivity contribution is 6.62. The van der Waals surface area contributed by atoms with Crippen LogP contribution in [0, 0.1) is 0 Å². The maximum atomic E-state index is 10.6. The monoisotopic (exact) mass is 187 g/mol. The molecule has 12 heavy (non-hydrogen) atoms. The number of aromatic nitrogens is 2. The van der Waals surface area contributed by atoms with Gasteiger partial charge in [-0.05, 0) is 17.7 Å². The van der Waals surface area contributed by atoms with Crippen LogP contribution in [0.1, 0.15) is 0 Å². The molecule has 0 spiro atoms. The number of likely N-dealkylation sites (N-methyl/N-ethyl adjacent to an activating group) is 1. The van der Waals surface area contributed by atoms with Gasteiger partial charge in [-0.3, -0.25) is 9.48 Å². The standard InChI is InChI=1S/C7H10ClN3O/c1-10(7(8)12)5-6-11-4-2-3-9-11/h2-4H,5-6H2,1H3. The van der Waals surface area contributed by atoms with Gasteiger partial charge in [-0.2, -0.15) is 5.10 Å². The van der Waals surface area contributed by atoms with E-state index < -0.39 is 5.37 Å². The average Bonchev–Trinajstić information content (AvgIpc) is 2.51. The predicted octanol–water partition coefficient (Wildman–Crippen LogP) is 1.17. The van der Waals surface area contributed by atoms with Crippen LogP contribution in [-0.4, -0.2) is 33.6 Å². The topological polar surface area (TPSA) is 38.1 Å². The number of hydrogen-bond acceptors (Lipinski definition) is 2. The molecular formula is C7H10ClN3O. The minimum absolute atomic E-state index is 0.442. The van der Waals surface area contributed by atoms with E-state index in [4.69, 9.17) is 11.6 Å². The van der Waals surface area contributed by atoms with Crippen LogP contribution in [0.3, 0.4) is 0 Å². The summed E-state index contributed by atoms with van der Waals surface area (Å²) in [6, 6.07) is 1.84. The Labute approximate surface area is 75.7 Å². The Hall–Kier alpha value is -1.03. The first kappa shape index (κ1) is 9.06. The van der Waals surface area contributed by atoms with Crippen LogP contribution in [0.2, 0.25) is 0 Å². The third-order valence-corrected chi connectivity index (χ3v) is 1.81. The fourth-order valence-electron chi connectivity index (χ4n) is 0.773. The van der Waals surface area contributed by atoms with Crippen molar-refractivity contribution in [2.75, 3.05) is 13.6 Å². The van der Waals surface area contributed by atoms with Gasteiger partial charge in [0.05, 0.1) is 6.54 Å². The van der Waals surface area contributed by atoms with Crippen molar-refractivity contribution in [3.8, 4) is 0 Å². The van der Waals surface area contributed by atoms with E-state index in [0.717, 1.165) is 0 Å². The van der Waals surface area contributed by atoms with Crippen molar-refractivity contribution in [3.63, 3.8) is 0 Å². The van der Waals surface area contributed by atoms with Gasteiger partial charge in [0.1, 0.15) is 0 Å². The lowest BCUT2D eigenvalue weighted by Gasteiger charge is -2.12. The van der Waals surface area contributed by atoms with E-state index in [1.54, 1.807) is 17.9 Å². The van der Waals surface area contributed by atoms with Crippen LogP contribution in [0.5, 0.6) is 0 Å². The lowest BCUT2D eigenvalue weighted by molar-refractivity contribution is 0.230. The predicted molar refractivity (Wildman–Crippen MR) is 46.1 cm³/mol. The van der Waals surface area contributed by atoms with Gasteiger partial charge in [-0.15, -0.1) is 0 Å². The maximum absolute atomic E-state index is 10.6. The van der Waals surface area contributed by atoms with Crippen molar-refractivity contribution in [1.29, 1.82) is 0 Å². The zero-order valence-electron chi connectivity index (χ0n) is 6.77. The van der Waals surface area contributed by atoms with E-state index in [-0.39, 0.29) is 0 Å². The molecule has 0 saturated carbocycles. The third kappa shape index (κ3) is 2.54. The Morgan fingerprint density at radius 3 is 3.00 bits per heavy atom. The minimum Gasteiger partial charge on any atom is -0.330 e. The van der Waals surface area contributed by atoms with Crippen molar-refractivity contribution < 1.29 is 4.79 Å². The molecule has 0 saturated heterocycles. The molecule has 0 aliphatic heterocycles. The van der Waals surface area contributed by atoms with Crippen LogP contribution < -0.4 is 0 Å². The molecule has 0 radical (unpaired) electrons. The van der Waals surface area contributed by atoms with Gasteiger partial charge in [0.25, 0.3) is 0 Å². The molecule has 66 valence electrons. The highest BCUT2D eigenvalue weighted by atomic mass is 35.5. The molecule has 0 bridgehead atoms. The van der Waals surface area contributed by atoms with Crippen molar-refractivity contribution in [2.45, 2.75) is 6.54 Å². The highest BCUT2D eigenvalue weighted by Gasteiger charge is 2.03. The summed E-state index contributed by atoms with van der Waals surface area (Å²) in [5.74, 6) is 0. The molecule has 5 heteroatoms. The minimum atomic E-state index is -0.442. The summed E-state index contributed by atoms with van der Waals surface area (Å²) in [7, 11) is 1.65. The van der Waals surface area contributed by atoms with Gasteiger partial charge in [0.15, 0.2) is 0 Å². The largest absolute Gasteiger partial charge is 0.330 e. The first-order valence-corrected chi connectivity index (χ1v) is 3.96. The maximum Gasteiger partial charge on any atom is 0.316 e. The van der Waals surface area contributed by atoms with Crippen molar-refractivity contribution >= 4 is 17.0 Å². The summed E-state index contributed by atoms with van der Waals surface area (Å²) in [5, 5.41) is 3.54. The van der Waals surface area contributed by atoms with Crippen LogP contribution in [0.25, 0.3) is 0 Å². The molecular weight excluding hydrogens is 178 g/mol. The molecule has 1 heterocycles. The molecule has 1 aromatic rings. The number of hydrogen-bond donors (Lipinski definition) is 0. The molecule has 4 nitrogen and oxygen atoms in total. The molecule has 0 atom stereocenters. The number of carbonyl (C=O) groups is 1. The van der Waals surface area contributed by atoms with E-state index >= 15 is 0 Å². The SMILES string of the molecule is CN(CCn1cccn1)C(=O)Cl. The number of rotatable bonds is 3. The highest BCUT2D eigenvalue weighted by Crippen LogP contribution is 1.93. The second kappa shape index (κ2) is 4.11. The third-order valence-electron chi connectivity index (χ3n) is 1.52. The molecule has 0 N–H and O–H groups in total. The molecule has 1 rings (SSSR count). The van der Waals surface area contributed by atoms with Gasteiger partial charge < -0.3 is 4.90 Å². The molecule has 0 aromatic carbocycles. The average molecular weight is 188 g/mol. The van der Waals surface area contributed by atoms with Crippen molar-refractivity contribution in [3.05, 3.63) is 18.5 Å². The summed E-state index contributed by atoms with van der Waals surface area (Å²) >= 11 is 5.23. The van der Waals surface area contributed by atoms with Crippen LogP contribution >= 0.6 is 11.6 Å². The Morgan fingerprint density at radius 1 is 1.75 bits per heavy atom. The van der Waals surface area contributed by atoms with Crippen LogP contribution in [0.4, 0.5) is 4.79 Å². The number of halogens is 1. The molecule has 0 aliphatic carbocycles. The van der Waals surface area contributed by atoms with Crippen LogP contribution in [0.15, 0.2) is 18.5 Å². The summed E-state index contributed by atoms with van der Waals surface area (Å²) in [6.07, 6.45) is 3.54. The van der Waals surface area contributed by atoms with Crippen molar-refractivity contribution in [2.24, 2.45) is 0 Å². The second-order valence-electron chi connectivity index (χ2n) is 2.44.